The maximum Gasteiger partial charge on any atom is 0.244 e. The Morgan fingerprint density at radius 3 is 2.71 bits per heavy atom. The molecule has 1 amide bonds. The zero-order valence-electron chi connectivity index (χ0n) is 11.1. The number of nitrogens with one attached hydrogen (secondary N) is 2. The van der Waals surface area contributed by atoms with E-state index in [0.29, 0.717) is 26.2 Å². The Hall–Kier alpha value is -1.22. The lowest BCUT2D eigenvalue weighted by Gasteiger charge is -2.27. The van der Waals surface area contributed by atoms with E-state index in [4.69, 9.17) is 11.6 Å². The first kappa shape index (κ1) is 16.2. The summed E-state index contributed by atoms with van der Waals surface area (Å²) in [7, 11) is -4.12. The summed E-state index contributed by atoms with van der Waals surface area (Å²) in [6.07, 6.45) is 0. The fraction of sp³-hybridized carbons (Fsp3) is 0.417. The van der Waals surface area contributed by atoms with Crippen molar-refractivity contribution in [1.82, 2.24) is 14.9 Å². The number of benzene rings is 1. The van der Waals surface area contributed by atoms with Gasteiger partial charge in [-0.25, -0.2) is 17.5 Å². The average Bonchev–Trinajstić information content (AvgIpc) is 2.48. The van der Waals surface area contributed by atoms with Crippen LogP contribution in [0, 0.1) is 5.82 Å². The lowest BCUT2D eigenvalue weighted by molar-refractivity contribution is -0.130. The molecule has 0 unspecified atom stereocenters. The number of piperazine rings is 1. The number of rotatable bonds is 4. The summed E-state index contributed by atoms with van der Waals surface area (Å²) in [5.41, 5.74) is 0. The first-order valence-electron chi connectivity index (χ1n) is 6.34. The van der Waals surface area contributed by atoms with Gasteiger partial charge < -0.3 is 10.2 Å². The van der Waals surface area contributed by atoms with Gasteiger partial charge in [0.25, 0.3) is 0 Å². The number of hydrogen-bond donors (Lipinski definition) is 2. The van der Waals surface area contributed by atoms with Crippen LogP contribution in [0.2, 0.25) is 5.02 Å². The average molecular weight is 336 g/mol. The van der Waals surface area contributed by atoms with Crippen LogP contribution in [-0.4, -0.2) is 51.9 Å². The molecule has 21 heavy (non-hydrogen) atoms. The van der Waals surface area contributed by atoms with Crippen molar-refractivity contribution < 1.29 is 17.6 Å². The van der Waals surface area contributed by atoms with Gasteiger partial charge >= 0.3 is 0 Å². The molecule has 1 aromatic rings. The maximum absolute atomic E-state index is 13.7. The van der Waals surface area contributed by atoms with Crippen LogP contribution in [0.5, 0.6) is 0 Å². The number of halogens is 2. The highest BCUT2D eigenvalue weighted by molar-refractivity contribution is 7.89. The van der Waals surface area contributed by atoms with Crippen LogP contribution >= 0.6 is 11.6 Å². The quantitative estimate of drug-likeness (QED) is 0.823. The fourth-order valence-electron chi connectivity index (χ4n) is 1.95. The van der Waals surface area contributed by atoms with E-state index in [1.54, 1.807) is 4.90 Å². The molecule has 9 heteroatoms. The van der Waals surface area contributed by atoms with Crippen molar-refractivity contribution in [3.05, 3.63) is 29.0 Å². The number of nitrogens with zero attached hydrogens (tertiary/aromatic N) is 1. The molecule has 0 aromatic heterocycles. The Morgan fingerprint density at radius 1 is 1.38 bits per heavy atom. The molecule has 6 nitrogen and oxygen atoms in total. The number of hydrogen-bond acceptors (Lipinski definition) is 4. The summed E-state index contributed by atoms with van der Waals surface area (Å²) >= 11 is 5.55. The first-order chi connectivity index (χ1) is 9.92. The number of carbonyl (C=O) groups excluding carboxylic acids is 1. The molecule has 2 rings (SSSR count). The van der Waals surface area contributed by atoms with E-state index < -0.39 is 27.3 Å². The zero-order chi connectivity index (χ0) is 15.5. The summed E-state index contributed by atoms with van der Waals surface area (Å²) in [6, 6.07) is 3.68. The zero-order valence-corrected chi connectivity index (χ0v) is 12.7. The van der Waals surface area contributed by atoms with Gasteiger partial charge in [-0.15, -0.1) is 0 Å². The predicted molar refractivity (Wildman–Crippen MR) is 76.0 cm³/mol. The van der Waals surface area contributed by atoms with Crippen LogP contribution < -0.4 is 10.0 Å². The van der Waals surface area contributed by atoms with E-state index in [1.165, 1.54) is 12.1 Å². The standard InChI is InChI=1S/C12H15ClFN3O3S/c13-9-2-1-3-10(12(9)14)21(19,20)16-8-11(18)17-6-4-15-5-7-17/h1-3,15-16H,4-8H2. The summed E-state index contributed by atoms with van der Waals surface area (Å²) in [6.45, 7) is 1.97. The Bertz CT molecular complexity index is 633. The number of sulfonamides is 1. The summed E-state index contributed by atoms with van der Waals surface area (Å²) in [5, 5.41) is 2.80. The highest BCUT2D eigenvalue weighted by atomic mass is 35.5. The fourth-order valence-corrected chi connectivity index (χ4v) is 3.26. The van der Waals surface area contributed by atoms with E-state index in [2.05, 4.69) is 10.0 Å². The minimum Gasteiger partial charge on any atom is -0.339 e. The molecule has 1 aromatic carbocycles. The van der Waals surface area contributed by atoms with E-state index in [9.17, 15) is 17.6 Å². The van der Waals surface area contributed by atoms with E-state index >= 15 is 0 Å². The van der Waals surface area contributed by atoms with E-state index in [0.717, 1.165) is 6.07 Å². The van der Waals surface area contributed by atoms with Crippen LogP contribution in [0.4, 0.5) is 4.39 Å². The highest BCUT2D eigenvalue weighted by Gasteiger charge is 2.23. The minimum atomic E-state index is -4.12. The molecule has 0 radical (unpaired) electrons. The highest BCUT2D eigenvalue weighted by Crippen LogP contribution is 2.21. The number of carbonyl (C=O) groups is 1. The summed E-state index contributed by atoms with van der Waals surface area (Å²) in [4.78, 5) is 12.9. The minimum absolute atomic E-state index is 0.286. The lowest BCUT2D eigenvalue weighted by atomic mass is 10.3. The molecule has 1 fully saturated rings. The second-order valence-corrected chi connectivity index (χ2v) is 6.65. The second kappa shape index (κ2) is 6.69. The van der Waals surface area contributed by atoms with Crippen LogP contribution in [0.15, 0.2) is 23.1 Å². The van der Waals surface area contributed by atoms with Gasteiger partial charge in [-0.3, -0.25) is 4.79 Å². The summed E-state index contributed by atoms with van der Waals surface area (Å²) < 4.78 is 39.8. The van der Waals surface area contributed by atoms with Gasteiger partial charge in [0.1, 0.15) is 4.90 Å². The van der Waals surface area contributed by atoms with Gasteiger partial charge in [-0.1, -0.05) is 17.7 Å². The first-order valence-corrected chi connectivity index (χ1v) is 8.20. The molecule has 0 saturated carbocycles. The second-order valence-electron chi connectivity index (χ2n) is 4.51. The van der Waals surface area contributed by atoms with Crippen LogP contribution in [0.25, 0.3) is 0 Å². The van der Waals surface area contributed by atoms with Crippen molar-refractivity contribution in [1.29, 1.82) is 0 Å². The third kappa shape index (κ3) is 3.91. The van der Waals surface area contributed by atoms with Crippen LogP contribution in [-0.2, 0) is 14.8 Å². The molecule has 1 saturated heterocycles. The summed E-state index contributed by atoms with van der Waals surface area (Å²) in [5.74, 6) is -1.37. The lowest BCUT2D eigenvalue weighted by Crippen LogP contribution is -2.49. The third-order valence-corrected chi connectivity index (χ3v) is 4.80. The monoisotopic (exact) mass is 335 g/mol. The van der Waals surface area contributed by atoms with Gasteiger partial charge in [0.05, 0.1) is 11.6 Å². The molecule has 116 valence electrons. The molecule has 1 aliphatic heterocycles. The molecule has 0 atom stereocenters. The molecule has 2 N–H and O–H groups in total. The Morgan fingerprint density at radius 2 is 2.05 bits per heavy atom. The topological polar surface area (TPSA) is 78.5 Å². The van der Waals surface area contributed by atoms with E-state index in [1.807, 2.05) is 0 Å². The van der Waals surface area contributed by atoms with Crippen molar-refractivity contribution in [2.75, 3.05) is 32.7 Å². The van der Waals surface area contributed by atoms with Crippen molar-refractivity contribution in [3.8, 4) is 0 Å². The van der Waals surface area contributed by atoms with Gasteiger partial charge in [-0.2, -0.15) is 0 Å². The maximum atomic E-state index is 13.7. The van der Waals surface area contributed by atoms with Gasteiger partial charge in [0.15, 0.2) is 5.82 Å². The smallest absolute Gasteiger partial charge is 0.244 e. The Labute approximate surface area is 127 Å². The Balaban J connectivity index is 2.04. The normalized spacial score (nSPS) is 16.0. The van der Waals surface area contributed by atoms with Crippen molar-refractivity contribution >= 4 is 27.5 Å². The van der Waals surface area contributed by atoms with E-state index in [-0.39, 0.29) is 10.9 Å². The Kier molecular flexibility index (Phi) is 5.15. The molecule has 0 bridgehead atoms. The van der Waals surface area contributed by atoms with Gasteiger partial charge in [0, 0.05) is 26.2 Å². The van der Waals surface area contributed by atoms with Crippen molar-refractivity contribution in [2.24, 2.45) is 0 Å². The van der Waals surface area contributed by atoms with Crippen LogP contribution in [0.3, 0.4) is 0 Å². The number of amides is 1. The molecular weight excluding hydrogens is 321 g/mol. The van der Waals surface area contributed by atoms with Gasteiger partial charge in [0.2, 0.25) is 15.9 Å². The van der Waals surface area contributed by atoms with Gasteiger partial charge in [-0.05, 0) is 12.1 Å². The van der Waals surface area contributed by atoms with Crippen LogP contribution in [0.1, 0.15) is 0 Å². The molecule has 0 aliphatic carbocycles. The van der Waals surface area contributed by atoms with Crippen molar-refractivity contribution in [3.63, 3.8) is 0 Å². The molecule has 1 heterocycles. The molecule has 0 spiro atoms. The molecular formula is C12H15ClFN3O3S. The third-order valence-electron chi connectivity index (χ3n) is 3.09. The largest absolute Gasteiger partial charge is 0.339 e. The predicted octanol–water partition coefficient (Wildman–Crippen LogP) is 0.189. The van der Waals surface area contributed by atoms with Crippen molar-refractivity contribution in [2.45, 2.75) is 4.90 Å². The SMILES string of the molecule is O=C(CNS(=O)(=O)c1cccc(Cl)c1F)N1CCNCC1. The molecule has 1 aliphatic rings.